The van der Waals surface area contributed by atoms with Gasteiger partial charge in [-0.05, 0) is 12.1 Å². The van der Waals surface area contributed by atoms with Crippen molar-refractivity contribution in [1.29, 1.82) is 0 Å². The van der Waals surface area contributed by atoms with Crippen LogP contribution in [-0.4, -0.2) is 11.1 Å². The molecular weight excluding hydrogens is 162 g/mol. The highest BCUT2D eigenvalue weighted by molar-refractivity contribution is 7.77. The summed E-state index contributed by atoms with van der Waals surface area (Å²) in [6.07, 6.45) is 0. The van der Waals surface area contributed by atoms with E-state index in [9.17, 15) is 4.79 Å². The lowest BCUT2D eigenvalue weighted by atomic mass is 10.2. The maximum absolute atomic E-state index is 10.2. The zero-order chi connectivity index (χ0) is 8.69. The molecule has 0 atom stereocenters. The summed E-state index contributed by atoms with van der Waals surface area (Å²) in [5.74, 6) is -0.879. The lowest BCUT2D eigenvalue weighted by molar-refractivity contribution is 0.0697. The quantitative estimate of drug-likeness (QED) is 0.556. The second kappa shape index (κ2) is 5.76. The molecule has 0 saturated carbocycles. The van der Waals surface area contributed by atoms with Gasteiger partial charge in [0, 0.05) is 0 Å². The second-order valence-electron chi connectivity index (χ2n) is 1.67. The van der Waals surface area contributed by atoms with Crippen molar-refractivity contribution in [2.24, 2.45) is 5.14 Å². The number of carboxylic acids is 1. The molecule has 0 unspecified atom stereocenters. The van der Waals surface area contributed by atoms with Gasteiger partial charge in [-0.1, -0.05) is 18.2 Å². The predicted octanol–water partition coefficient (Wildman–Crippen LogP) is 1.17. The number of hydrogen-bond donors (Lipinski definition) is 3. The Hall–Kier alpha value is -1.00. The van der Waals surface area contributed by atoms with Gasteiger partial charge < -0.3 is 5.11 Å². The fourth-order valence-corrected chi connectivity index (χ4v) is 0.581. The van der Waals surface area contributed by atoms with Crippen LogP contribution < -0.4 is 5.14 Å². The minimum absolute atomic E-state index is 0.331. The Morgan fingerprint density at radius 1 is 1.27 bits per heavy atom. The molecule has 11 heavy (non-hydrogen) atoms. The van der Waals surface area contributed by atoms with E-state index in [-0.39, 0.29) is 0 Å². The monoisotopic (exact) mass is 171 g/mol. The number of nitrogens with two attached hydrogens (primary N) is 1. The van der Waals surface area contributed by atoms with Crippen LogP contribution in [0, 0.1) is 0 Å². The van der Waals surface area contributed by atoms with Crippen LogP contribution in [0.2, 0.25) is 0 Å². The van der Waals surface area contributed by atoms with Crippen LogP contribution >= 0.6 is 12.8 Å². The van der Waals surface area contributed by atoms with E-state index >= 15 is 0 Å². The van der Waals surface area contributed by atoms with Gasteiger partial charge >= 0.3 is 5.97 Å². The summed E-state index contributed by atoms with van der Waals surface area (Å²) in [7, 11) is 0. The van der Waals surface area contributed by atoms with Crippen LogP contribution in [0.3, 0.4) is 0 Å². The Morgan fingerprint density at radius 3 is 2.00 bits per heavy atom. The van der Waals surface area contributed by atoms with E-state index in [4.69, 9.17) is 5.11 Å². The van der Waals surface area contributed by atoms with Crippen LogP contribution in [0.15, 0.2) is 30.3 Å². The highest BCUT2D eigenvalue weighted by atomic mass is 32.1. The molecule has 3 nitrogen and oxygen atoms in total. The number of rotatable bonds is 1. The average Bonchev–Trinajstić information content (AvgIpc) is 2.10. The van der Waals surface area contributed by atoms with E-state index in [0.29, 0.717) is 5.56 Å². The Labute approximate surface area is 70.4 Å². The first-order valence-electron chi connectivity index (χ1n) is 2.85. The van der Waals surface area contributed by atoms with E-state index in [1.807, 2.05) is 0 Å². The summed E-state index contributed by atoms with van der Waals surface area (Å²) in [6.45, 7) is 0. The smallest absolute Gasteiger partial charge is 0.335 e. The zero-order valence-electron chi connectivity index (χ0n) is 5.77. The molecule has 0 amide bonds. The summed E-state index contributed by atoms with van der Waals surface area (Å²) in [4.78, 5) is 10.2. The Kier molecular flexibility index (Phi) is 5.24. The second-order valence-corrected chi connectivity index (χ2v) is 1.67. The molecule has 0 radical (unpaired) electrons. The molecule has 0 aliphatic rings. The van der Waals surface area contributed by atoms with E-state index in [1.165, 1.54) is 0 Å². The van der Waals surface area contributed by atoms with Gasteiger partial charge in [-0.15, -0.1) is 12.8 Å². The van der Waals surface area contributed by atoms with Gasteiger partial charge in [0.05, 0.1) is 5.56 Å². The van der Waals surface area contributed by atoms with Gasteiger partial charge in [-0.2, -0.15) is 0 Å². The third kappa shape index (κ3) is 3.64. The van der Waals surface area contributed by atoms with Crippen molar-refractivity contribution in [3.63, 3.8) is 0 Å². The van der Waals surface area contributed by atoms with E-state index in [0.717, 1.165) is 0 Å². The highest BCUT2D eigenvalue weighted by Crippen LogP contribution is 1.96. The third-order valence-corrected chi connectivity index (χ3v) is 1.02. The minimum Gasteiger partial charge on any atom is -0.478 e. The zero-order valence-corrected chi connectivity index (χ0v) is 6.66. The van der Waals surface area contributed by atoms with Gasteiger partial charge in [0.15, 0.2) is 0 Å². The third-order valence-electron chi connectivity index (χ3n) is 1.02. The molecule has 1 rings (SSSR count). The standard InChI is InChI=1S/C7H6O2.H3NS/c8-7(9)6-4-2-1-3-5-6;1-2/h1-5H,(H,8,9);2H,1H2. The molecule has 4 heteroatoms. The lowest BCUT2D eigenvalue weighted by Crippen LogP contribution is -1.93. The highest BCUT2D eigenvalue weighted by Gasteiger charge is 1.96. The van der Waals surface area contributed by atoms with Crippen LogP contribution in [0.1, 0.15) is 10.4 Å². The van der Waals surface area contributed by atoms with Gasteiger partial charge in [0.1, 0.15) is 0 Å². The van der Waals surface area contributed by atoms with Crippen LogP contribution in [-0.2, 0) is 0 Å². The molecule has 1 aromatic carbocycles. The summed E-state index contributed by atoms with van der Waals surface area (Å²) < 4.78 is 0. The van der Waals surface area contributed by atoms with Crippen LogP contribution in [0.4, 0.5) is 0 Å². The summed E-state index contributed by atoms with van der Waals surface area (Å²) in [5.41, 5.74) is 0.331. The molecule has 0 aliphatic heterocycles. The Balaban J connectivity index is 0.000000461. The SMILES string of the molecule is NS.O=C(O)c1ccccc1. The molecule has 0 bridgehead atoms. The molecule has 0 fully saturated rings. The number of thiol groups is 1. The molecule has 0 spiro atoms. The maximum atomic E-state index is 10.2. The molecule has 3 N–H and O–H groups in total. The number of carbonyl (C=O) groups is 1. The lowest BCUT2D eigenvalue weighted by Gasteiger charge is -1.88. The van der Waals surface area contributed by atoms with Crippen molar-refractivity contribution in [3.05, 3.63) is 35.9 Å². The summed E-state index contributed by atoms with van der Waals surface area (Å²) in [5, 5.41) is 12.6. The Morgan fingerprint density at radius 2 is 1.73 bits per heavy atom. The van der Waals surface area contributed by atoms with Crippen LogP contribution in [0.5, 0.6) is 0 Å². The molecule has 0 aromatic heterocycles. The van der Waals surface area contributed by atoms with E-state index in [2.05, 4.69) is 18.0 Å². The predicted molar refractivity (Wildman–Crippen MR) is 46.6 cm³/mol. The molecule has 60 valence electrons. The maximum Gasteiger partial charge on any atom is 0.335 e. The first kappa shape index (κ1) is 10.0. The molecule has 1 aromatic rings. The molecule has 0 saturated heterocycles. The van der Waals surface area contributed by atoms with Crippen molar-refractivity contribution < 1.29 is 9.90 Å². The largest absolute Gasteiger partial charge is 0.478 e. The van der Waals surface area contributed by atoms with Crippen LogP contribution in [0.25, 0.3) is 0 Å². The van der Waals surface area contributed by atoms with Gasteiger partial charge in [-0.25, -0.2) is 4.79 Å². The van der Waals surface area contributed by atoms with Crippen molar-refractivity contribution in [1.82, 2.24) is 0 Å². The molecule has 0 heterocycles. The van der Waals surface area contributed by atoms with Gasteiger partial charge in [-0.3, -0.25) is 5.14 Å². The van der Waals surface area contributed by atoms with Gasteiger partial charge in [0.25, 0.3) is 0 Å². The summed E-state index contributed by atoms with van der Waals surface area (Å²) >= 11 is 3.03. The molecule has 0 aliphatic carbocycles. The number of carboxylic acid groups (broad SMARTS) is 1. The minimum atomic E-state index is -0.879. The average molecular weight is 171 g/mol. The van der Waals surface area contributed by atoms with Crippen molar-refractivity contribution in [2.75, 3.05) is 0 Å². The van der Waals surface area contributed by atoms with Gasteiger partial charge in [0.2, 0.25) is 0 Å². The first-order valence-corrected chi connectivity index (χ1v) is 3.36. The van der Waals surface area contributed by atoms with E-state index < -0.39 is 5.97 Å². The normalized spacial score (nSPS) is 7.82. The van der Waals surface area contributed by atoms with Crippen molar-refractivity contribution >= 4 is 18.8 Å². The summed E-state index contributed by atoms with van der Waals surface area (Å²) in [6, 6.07) is 8.30. The first-order chi connectivity index (χ1) is 5.30. The van der Waals surface area contributed by atoms with Crippen molar-refractivity contribution in [3.8, 4) is 0 Å². The fraction of sp³-hybridized carbons (Fsp3) is 0. The van der Waals surface area contributed by atoms with Crippen molar-refractivity contribution in [2.45, 2.75) is 0 Å². The van der Waals surface area contributed by atoms with E-state index in [1.54, 1.807) is 30.3 Å². The fourth-order valence-electron chi connectivity index (χ4n) is 0.581. The topological polar surface area (TPSA) is 63.3 Å². The number of hydrogen-bond acceptors (Lipinski definition) is 3. The number of benzene rings is 1. The Bertz CT molecular complexity index is 213. The number of aromatic carboxylic acids is 1. The molecular formula is C7H9NO2S.